The Morgan fingerprint density at radius 3 is 1.95 bits per heavy atom. The van der Waals surface area contributed by atoms with E-state index in [4.69, 9.17) is 0 Å². The normalized spacial score (nSPS) is 12.6. The fourth-order valence-corrected chi connectivity index (χ4v) is 3.74. The van der Waals surface area contributed by atoms with Gasteiger partial charge in [-0.1, -0.05) is 74.5 Å². The fraction of sp³-hybridized carbons (Fsp3) is 0.333. The highest BCUT2D eigenvalue weighted by Crippen LogP contribution is 2.34. The zero-order valence-electron chi connectivity index (χ0n) is 12.3. The lowest BCUT2D eigenvalue weighted by molar-refractivity contribution is 0.287. The van der Waals surface area contributed by atoms with E-state index in [1.165, 1.54) is 11.1 Å². The molecule has 0 bridgehead atoms. The van der Waals surface area contributed by atoms with Gasteiger partial charge in [0.25, 0.3) is 0 Å². The number of benzene rings is 2. The molecule has 1 atom stereocenters. The predicted molar refractivity (Wildman–Crippen MR) is 89.8 cm³/mol. The first kappa shape index (κ1) is 15.1. The van der Waals surface area contributed by atoms with E-state index in [2.05, 4.69) is 79.4 Å². The average molecular weight is 285 g/mol. The highest BCUT2D eigenvalue weighted by molar-refractivity contribution is 7.98. The Morgan fingerprint density at radius 2 is 1.40 bits per heavy atom. The van der Waals surface area contributed by atoms with Crippen LogP contribution in [0.25, 0.3) is 0 Å². The Labute approximate surface area is 127 Å². The molecule has 2 heteroatoms. The molecule has 2 aromatic rings. The first-order chi connectivity index (χ1) is 9.85. The van der Waals surface area contributed by atoms with E-state index in [9.17, 15) is 0 Å². The zero-order valence-corrected chi connectivity index (χ0v) is 13.1. The maximum Gasteiger partial charge on any atom is 0.0817 e. The summed E-state index contributed by atoms with van der Waals surface area (Å²) in [4.78, 5) is 2.52. The van der Waals surface area contributed by atoms with Gasteiger partial charge in [-0.25, -0.2) is 0 Å². The van der Waals surface area contributed by atoms with Crippen molar-refractivity contribution in [2.45, 2.75) is 25.0 Å². The third-order valence-corrected chi connectivity index (χ3v) is 4.87. The van der Waals surface area contributed by atoms with E-state index in [1.807, 2.05) is 11.8 Å². The molecule has 1 nitrogen and oxygen atoms in total. The number of hydrogen-bond donors (Lipinski definition) is 0. The Kier molecular flexibility index (Phi) is 6.16. The van der Waals surface area contributed by atoms with E-state index in [1.54, 1.807) is 0 Å². The first-order valence-corrected chi connectivity index (χ1v) is 8.34. The van der Waals surface area contributed by atoms with E-state index >= 15 is 0 Å². The SMILES string of the molecule is CCN(CC)C(SCc1ccccc1)c1ccccc1. The maximum absolute atomic E-state index is 2.52. The molecule has 0 spiro atoms. The summed E-state index contributed by atoms with van der Waals surface area (Å²) < 4.78 is 0. The van der Waals surface area contributed by atoms with Crippen molar-refractivity contribution in [1.29, 1.82) is 0 Å². The van der Waals surface area contributed by atoms with Gasteiger partial charge in [0, 0.05) is 5.75 Å². The molecule has 20 heavy (non-hydrogen) atoms. The molecule has 0 fully saturated rings. The minimum absolute atomic E-state index is 0.436. The molecule has 0 N–H and O–H groups in total. The van der Waals surface area contributed by atoms with Crippen molar-refractivity contribution in [3.8, 4) is 0 Å². The lowest BCUT2D eigenvalue weighted by atomic mass is 10.2. The van der Waals surface area contributed by atoms with Crippen molar-refractivity contribution in [3.05, 3.63) is 71.8 Å². The summed E-state index contributed by atoms with van der Waals surface area (Å²) in [5.41, 5.74) is 2.79. The van der Waals surface area contributed by atoms with Crippen molar-refractivity contribution in [1.82, 2.24) is 4.90 Å². The van der Waals surface area contributed by atoms with Crippen molar-refractivity contribution in [2.24, 2.45) is 0 Å². The molecular weight excluding hydrogens is 262 g/mol. The monoisotopic (exact) mass is 285 g/mol. The molecule has 1 unspecified atom stereocenters. The number of hydrogen-bond acceptors (Lipinski definition) is 2. The molecule has 0 heterocycles. The first-order valence-electron chi connectivity index (χ1n) is 7.29. The topological polar surface area (TPSA) is 3.24 Å². The second kappa shape index (κ2) is 8.13. The van der Waals surface area contributed by atoms with Crippen LogP contribution < -0.4 is 0 Å². The smallest absolute Gasteiger partial charge is 0.0817 e. The summed E-state index contributed by atoms with van der Waals surface area (Å²) in [6.07, 6.45) is 0. The van der Waals surface area contributed by atoms with Crippen LogP contribution in [0.1, 0.15) is 30.3 Å². The van der Waals surface area contributed by atoms with Crippen molar-refractivity contribution < 1.29 is 0 Å². The molecule has 0 aliphatic carbocycles. The Balaban J connectivity index is 2.11. The lowest BCUT2D eigenvalue weighted by Crippen LogP contribution is -2.26. The molecular formula is C18H23NS. The average Bonchev–Trinajstić information content (AvgIpc) is 2.53. The van der Waals surface area contributed by atoms with Crippen LogP contribution in [-0.4, -0.2) is 18.0 Å². The number of rotatable bonds is 7. The largest absolute Gasteiger partial charge is 0.288 e. The van der Waals surface area contributed by atoms with Crippen molar-refractivity contribution in [3.63, 3.8) is 0 Å². The third-order valence-electron chi connectivity index (χ3n) is 3.48. The summed E-state index contributed by atoms with van der Waals surface area (Å²) in [6, 6.07) is 21.5. The van der Waals surface area contributed by atoms with Crippen LogP contribution in [0, 0.1) is 0 Å². The van der Waals surface area contributed by atoms with E-state index in [0.29, 0.717) is 5.37 Å². The van der Waals surface area contributed by atoms with Crippen LogP contribution >= 0.6 is 11.8 Å². The summed E-state index contributed by atoms with van der Waals surface area (Å²) in [7, 11) is 0. The van der Waals surface area contributed by atoms with E-state index in [-0.39, 0.29) is 0 Å². The van der Waals surface area contributed by atoms with Gasteiger partial charge in [0.1, 0.15) is 0 Å². The second-order valence-electron chi connectivity index (χ2n) is 4.78. The zero-order chi connectivity index (χ0) is 14.2. The van der Waals surface area contributed by atoms with Crippen molar-refractivity contribution >= 4 is 11.8 Å². The Bertz CT molecular complexity index is 479. The van der Waals surface area contributed by atoms with Gasteiger partial charge in [-0.15, -0.1) is 11.8 Å². The van der Waals surface area contributed by atoms with Gasteiger partial charge in [-0.05, 0) is 24.2 Å². The molecule has 0 aromatic heterocycles. The molecule has 0 amide bonds. The molecule has 0 radical (unpaired) electrons. The van der Waals surface area contributed by atoms with Crippen LogP contribution in [0.2, 0.25) is 0 Å². The predicted octanol–water partition coefficient (Wildman–Crippen LogP) is 4.96. The summed E-state index contributed by atoms with van der Waals surface area (Å²) in [6.45, 7) is 6.64. The Morgan fingerprint density at radius 1 is 0.850 bits per heavy atom. The fourth-order valence-electron chi connectivity index (χ4n) is 2.33. The molecule has 2 aromatic carbocycles. The van der Waals surface area contributed by atoms with Crippen LogP contribution in [0.3, 0.4) is 0 Å². The van der Waals surface area contributed by atoms with E-state index < -0.39 is 0 Å². The molecule has 0 aliphatic heterocycles. The van der Waals surface area contributed by atoms with Gasteiger partial charge in [-0.2, -0.15) is 0 Å². The molecule has 0 aliphatic rings. The highest BCUT2D eigenvalue weighted by atomic mass is 32.2. The molecule has 2 rings (SSSR count). The van der Waals surface area contributed by atoms with Crippen LogP contribution in [0.5, 0.6) is 0 Å². The number of thioether (sulfide) groups is 1. The summed E-state index contributed by atoms with van der Waals surface area (Å²) in [5, 5.41) is 0.436. The van der Waals surface area contributed by atoms with Gasteiger partial charge < -0.3 is 0 Å². The minimum Gasteiger partial charge on any atom is -0.288 e. The maximum atomic E-state index is 2.52. The molecule has 106 valence electrons. The van der Waals surface area contributed by atoms with Gasteiger partial charge >= 0.3 is 0 Å². The third kappa shape index (κ3) is 4.12. The van der Waals surface area contributed by atoms with Gasteiger partial charge in [0.2, 0.25) is 0 Å². The van der Waals surface area contributed by atoms with E-state index in [0.717, 1.165) is 18.8 Å². The van der Waals surface area contributed by atoms with Gasteiger partial charge in [0.05, 0.1) is 5.37 Å². The summed E-state index contributed by atoms with van der Waals surface area (Å²) in [5.74, 6) is 1.05. The molecule has 0 saturated heterocycles. The highest BCUT2D eigenvalue weighted by Gasteiger charge is 2.17. The van der Waals surface area contributed by atoms with Crippen LogP contribution in [-0.2, 0) is 5.75 Å². The van der Waals surface area contributed by atoms with Crippen molar-refractivity contribution in [2.75, 3.05) is 13.1 Å². The Hall–Kier alpha value is -1.25. The van der Waals surface area contributed by atoms with Crippen LogP contribution in [0.4, 0.5) is 0 Å². The minimum atomic E-state index is 0.436. The van der Waals surface area contributed by atoms with Gasteiger partial charge in [0.15, 0.2) is 0 Å². The second-order valence-corrected chi connectivity index (χ2v) is 5.85. The quantitative estimate of drug-likeness (QED) is 0.661. The molecule has 0 saturated carbocycles. The standard InChI is InChI=1S/C18H23NS/c1-3-19(4-2)18(17-13-9-6-10-14-17)20-15-16-11-7-5-8-12-16/h5-14,18H,3-4,15H2,1-2H3. The van der Waals surface area contributed by atoms with Gasteiger partial charge in [-0.3, -0.25) is 4.90 Å². The summed E-state index contributed by atoms with van der Waals surface area (Å²) >= 11 is 2.01. The van der Waals surface area contributed by atoms with Crippen LogP contribution in [0.15, 0.2) is 60.7 Å². The lowest BCUT2D eigenvalue weighted by Gasteiger charge is -2.29. The number of nitrogens with zero attached hydrogens (tertiary/aromatic N) is 1.